The number of nitrogens with one attached hydrogen (secondary N) is 1. The van der Waals surface area contributed by atoms with Gasteiger partial charge in [0.25, 0.3) is 0 Å². The van der Waals surface area contributed by atoms with E-state index < -0.39 is 10.0 Å². The number of aryl methyl sites for hydroxylation is 1. The lowest BCUT2D eigenvalue weighted by Crippen LogP contribution is -2.31. The topological polar surface area (TPSA) is 84.3 Å². The number of nitrogens with zero attached hydrogens (tertiary/aromatic N) is 3. The van der Waals surface area contributed by atoms with Gasteiger partial charge in [0.05, 0.1) is 17.4 Å². The van der Waals surface area contributed by atoms with Crippen LogP contribution >= 0.6 is 11.6 Å². The van der Waals surface area contributed by atoms with E-state index in [1.54, 1.807) is 26.0 Å². The van der Waals surface area contributed by atoms with Crippen LogP contribution in [0.25, 0.3) is 0 Å². The van der Waals surface area contributed by atoms with Gasteiger partial charge in [-0.25, -0.2) is 12.7 Å². The molecule has 142 valence electrons. The summed E-state index contributed by atoms with van der Waals surface area (Å²) in [5.74, 6) is -0.258. The highest BCUT2D eigenvalue weighted by Crippen LogP contribution is 2.22. The second-order valence-corrected chi connectivity index (χ2v) is 8.81. The highest BCUT2D eigenvalue weighted by molar-refractivity contribution is 7.89. The fraction of sp³-hybridized carbons (Fsp3) is 0.412. The van der Waals surface area contributed by atoms with E-state index in [2.05, 4.69) is 10.4 Å². The Labute approximate surface area is 159 Å². The van der Waals surface area contributed by atoms with Crippen LogP contribution in [0.1, 0.15) is 29.9 Å². The fourth-order valence-electron chi connectivity index (χ4n) is 2.65. The average Bonchev–Trinajstić information content (AvgIpc) is 2.81. The first-order valence-electron chi connectivity index (χ1n) is 8.05. The summed E-state index contributed by atoms with van der Waals surface area (Å²) in [6, 6.07) is 7.01. The Morgan fingerprint density at radius 2 is 1.85 bits per heavy atom. The summed E-state index contributed by atoms with van der Waals surface area (Å²) < 4.78 is 27.4. The molecular weight excluding hydrogens is 376 g/mol. The van der Waals surface area contributed by atoms with Gasteiger partial charge in [-0.2, -0.15) is 5.10 Å². The van der Waals surface area contributed by atoms with E-state index in [4.69, 9.17) is 11.6 Å². The Hall–Kier alpha value is -1.90. The van der Waals surface area contributed by atoms with E-state index >= 15 is 0 Å². The number of amides is 1. The molecule has 0 fully saturated rings. The largest absolute Gasteiger partial charge is 0.348 e. The molecule has 0 radical (unpaired) electrons. The van der Waals surface area contributed by atoms with Crippen LogP contribution in [0.15, 0.2) is 29.2 Å². The standard InChI is InChI=1S/C17H23ClN4O3S/c1-11(14-6-8-15(18)9-7-14)19-16(23)10-22-13(3)17(12(2)20-22)26(24,25)21(4)5/h6-9,11H,10H2,1-5H3,(H,19,23). The number of benzene rings is 1. The molecule has 0 bridgehead atoms. The van der Waals surface area contributed by atoms with Crippen molar-refractivity contribution >= 4 is 27.5 Å². The van der Waals surface area contributed by atoms with Crippen LogP contribution in [-0.2, 0) is 21.4 Å². The molecule has 1 aromatic heterocycles. The molecule has 2 aromatic rings. The number of halogens is 1. The van der Waals surface area contributed by atoms with Crippen LogP contribution in [0, 0.1) is 13.8 Å². The summed E-state index contributed by atoms with van der Waals surface area (Å²) in [4.78, 5) is 12.5. The maximum atomic E-state index is 12.4. The van der Waals surface area contributed by atoms with Gasteiger partial charge in [-0.1, -0.05) is 23.7 Å². The molecule has 0 spiro atoms. The Bertz CT molecular complexity index is 905. The molecule has 0 aliphatic heterocycles. The molecule has 1 unspecified atom stereocenters. The van der Waals surface area contributed by atoms with Crippen molar-refractivity contribution < 1.29 is 13.2 Å². The first-order valence-corrected chi connectivity index (χ1v) is 9.87. The molecule has 1 atom stereocenters. The second kappa shape index (κ2) is 7.77. The quantitative estimate of drug-likeness (QED) is 0.809. The minimum absolute atomic E-state index is 0.0620. The van der Waals surface area contributed by atoms with Gasteiger partial charge >= 0.3 is 0 Å². The van der Waals surface area contributed by atoms with Crippen molar-refractivity contribution in [3.8, 4) is 0 Å². The Morgan fingerprint density at radius 1 is 1.27 bits per heavy atom. The normalized spacial score (nSPS) is 13.0. The second-order valence-electron chi connectivity index (χ2n) is 6.29. The van der Waals surface area contributed by atoms with Crippen LogP contribution in [0.5, 0.6) is 0 Å². The molecule has 0 saturated heterocycles. The minimum atomic E-state index is -3.62. The zero-order chi connectivity index (χ0) is 19.6. The van der Waals surface area contributed by atoms with Gasteiger partial charge in [-0.3, -0.25) is 9.48 Å². The third-order valence-electron chi connectivity index (χ3n) is 4.09. The van der Waals surface area contributed by atoms with E-state index in [1.165, 1.54) is 18.8 Å². The van der Waals surface area contributed by atoms with Crippen LogP contribution < -0.4 is 5.32 Å². The number of rotatable bonds is 6. The number of carbonyl (C=O) groups is 1. The van der Waals surface area contributed by atoms with E-state index in [0.29, 0.717) is 16.4 Å². The van der Waals surface area contributed by atoms with Crippen molar-refractivity contribution in [2.45, 2.75) is 38.3 Å². The lowest BCUT2D eigenvalue weighted by molar-refractivity contribution is -0.122. The number of carbonyl (C=O) groups excluding carboxylic acids is 1. The molecule has 1 aromatic carbocycles. The maximum Gasteiger partial charge on any atom is 0.246 e. The Morgan fingerprint density at radius 3 is 2.38 bits per heavy atom. The van der Waals surface area contributed by atoms with E-state index in [-0.39, 0.29) is 23.4 Å². The monoisotopic (exact) mass is 398 g/mol. The van der Waals surface area contributed by atoms with Crippen molar-refractivity contribution in [1.82, 2.24) is 19.4 Å². The summed E-state index contributed by atoms with van der Waals surface area (Å²) in [6.07, 6.45) is 0. The highest BCUT2D eigenvalue weighted by atomic mass is 35.5. The predicted molar refractivity (Wildman–Crippen MR) is 101 cm³/mol. The maximum absolute atomic E-state index is 12.4. The zero-order valence-electron chi connectivity index (χ0n) is 15.4. The molecule has 0 aliphatic carbocycles. The number of aromatic nitrogens is 2. The molecule has 1 amide bonds. The highest BCUT2D eigenvalue weighted by Gasteiger charge is 2.27. The molecule has 0 aliphatic rings. The Kier molecular flexibility index (Phi) is 6.10. The number of sulfonamides is 1. The van der Waals surface area contributed by atoms with Crippen LogP contribution in [0.2, 0.25) is 5.02 Å². The van der Waals surface area contributed by atoms with Crippen molar-refractivity contribution in [3.63, 3.8) is 0 Å². The van der Waals surface area contributed by atoms with Gasteiger partial charge in [-0.15, -0.1) is 0 Å². The van der Waals surface area contributed by atoms with Gasteiger partial charge < -0.3 is 5.32 Å². The van der Waals surface area contributed by atoms with Gasteiger partial charge in [0.1, 0.15) is 11.4 Å². The molecular formula is C17H23ClN4O3S. The van der Waals surface area contributed by atoms with E-state index in [9.17, 15) is 13.2 Å². The van der Waals surface area contributed by atoms with Crippen LogP contribution in [0.3, 0.4) is 0 Å². The summed E-state index contributed by atoms with van der Waals surface area (Å²) >= 11 is 5.87. The Balaban J connectivity index is 2.16. The molecule has 0 saturated carbocycles. The van der Waals surface area contributed by atoms with E-state index in [1.807, 2.05) is 19.1 Å². The molecule has 7 nitrogen and oxygen atoms in total. The number of hydrogen-bond donors (Lipinski definition) is 1. The minimum Gasteiger partial charge on any atom is -0.348 e. The third kappa shape index (κ3) is 4.25. The molecule has 2 rings (SSSR count). The molecule has 26 heavy (non-hydrogen) atoms. The third-order valence-corrected chi connectivity index (χ3v) is 6.41. The van der Waals surface area contributed by atoms with Crippen molar-refractivity contribution in [1.29, 1.82) is 0 Å². The van der Waals surface area contributed by atoms with Crippen LogP contribution in [-0.4, -0.2) is 42.5 Å². The smallest absolute Gasteiger partial charge is 0.246 e. The fourth-order valence-corrected chi connectivity index (χ4v) is 4.03. The summed E-state index contributed by atoms with van der Waals surface area (Å²) in [5.41, 5.74) is 1.73. The first-order chi connectivity index (χ1) is 12.0. The molecule has 1 N–H and O–H groups in total. The first kappa shape index (κ1) is 20.4. The summed E-state index contributed by atoms with van der Waals surface area (Å²) in [7, 11) is -0.689. The van der Waals surface area contributed by atoms with Crippen molar-refractivity contribution in [2.75, 3.05) is 14.1 Å². The SMILES string of the molecule is Cc1nn(CC(=O)NC(C)c2ccc(Cl)cc2)c(C)c1S(=O)(=O)N(C)C. The van der Waals surface area contributed by atoms with Crippen LogP contribution in [0.4, 0.5) is 0 Å². The van der Waals surface area contributed by atoms with Gasteiger partial charge in [0, 0.05) is 19.1 Å². The van der Waals surface area contributed by atoms with Crippen molar-refractivity contribution in [3.05, 3.63) is 46.2 Å². The molecule has 1 heterocycles. The summed E-state index contributed by atoms with van der Waals surface area (Å²) in [6.45, 7) is 5.07. The van der Waals surface area contributed by atoms with Crippen molar-refractivity contribution in [2.24, 2.45) is 0 Å². The zero-order valence-corrected chi connectivity index (χ0v) is 17.0. The van der Waals surface area contributed by atoms with Gasteiger partial charge in [-0.05, 0) is 38.5 Å². The number of hydrogen-bond acceptors (Lipinski definition) is 4. The lowest BCUT2D eigenvalue weighted by Gasteiger charge is -2.15. The summed E-state index contributed by atoms with van der Waals surface area (Å²) in [5, 5.41) is 7.73. The lowest BCUT2D eigenvalue weighted by atomic mass is 10.1. The average molecular weight is 399 g/mol. The van der Waals surface area contributed by atoms with Gasteiger partial charge in [0.15, 0.2) is 0 Å². The molecule has 9 heteroatoms. The van der Waals surface area contributed by atoms with E-state index in [0.717, 1.165) is 9.87 Å². The van der Waals surface area contributed by atoms with Gasteiger partial charge in [0.2, 0.25) is 15.9 Å². The predicted octanol–water partition coefficient (Wildman–Crippen LogP) is 2.28.